The minimum absolute atomic E-state index is 0.0955. The zero-order valence-corrected chi connectivity index (χ0v) is 11.2. The summed E-state index contributed by atoms with van der Waals surface area (Å²) in [6, 6.07) is 7.55. The molecule has 0 fully saturated rings. The van der Waals surface area contributed by atoms with E-state index in [1.807, 2.05) is 12.1 Å². The number of nitrogens with two attached hydrogens (primary N) is 1. The molecule has 0 saturated carbocycles. The fourth-order valence-electron chi connectivity index (χ4n) is 2.61. The van der Waals surface area contributed by atoms with E-state index < -0.39 is 0 Å². The highest BCUT2D eigenvalue weighted by Gasteiger charge is 2.17. The van der Waals surface area contributed by atoms with Crippen molar-refractivity contribution in [3.8, 4) is 5.75 Å². The highest BCUT2D eigenvalue weighted by atomic mass is 19.1. The van der Waals surface area contributed by atoms with E-state index in [9.17, 15) is 4.39 Å². The Kier molecular flexibility index (Phi) is 3.65. The molecule has 0 spiro atoms. The summed E-state index contributed by atoms with van der Waals surface area (Å²) in [6.45, 7) is 0.304. The molecule has 20 heavy (non-hydrogen) atoms. The lowest BCUT2D eigenvalue weighted by Crippen LogP contribution is -2.17. The number of hydrogen-bond donors (Lipinski definition) is 1. The van der Waals surface area contributed by atoms with E-state index in [4.69, 9.17) is 10.5 Å². The summed E-state index contributed by atoms with van der Waals surface area (Å²) in [5, 5.41) is 0. The molecule has 0 saturated heterocycles. The van der Waals surface area contributed by atoms with Gasteiger partial charge < -0.3 is 10.5 Å². The van der Waals surface area contributed by atoms with Crippen molar-refractivity contribution >= 4 is 0 Å². The number of hydrogen-bond acceptors (Lipinski definition) is 3. The maximum atomic E-state index is 13.0. The minimum Gasteiger partial charge on any atom is -0.489 e. The zero-order chi connectivity index (χ0) is 13.9. The third-order valence-electron chi connectivity index (χ3n) is 3.65. The summed E-state index contributed by atoms with van der Waals surface area (Å²) in [7, 11) is 0. The molecule has 1 atom stereocenters. The average molecular weight is 272 g/mol. The van der Waals surface area contributed by atoms with Gasteiger partial charge in [0, 0.05) is 17.8 Å². The standard InChI is InChI=1S/C16H17FN2O/c17-13-6-11(8-19-9-13)10-20-14-5-4-12-2-1-3-16(18)15(12)7-14/h4-9,16H,1-3,10,18H2/t16-/m1/s1. The van der Waals surface area contributed by atoms with Gasteiger partial charge in [-0.15, -0.1) is 0 Å². The van der Waals surface area contributed by atoms with Crippen LogP contribution in [0.5, 0.6) is 5.75 Å². The van der Waals surface area contributed by atoms with E-state index in [0.29, 0.717) is 12.2 Å². The molecule has 3 nitrogen and oxygen atoms in total. The van der Waals surface area contributed by atoms with E-state index in [2.05, 4.69) is 11.1 Å². The van der Waals surface area contributed by atoms with E-state index >= 15 is 0 Å². The minimum atomic E-state index is -0.349. The fraction of sp³-hybridized carbons (Fsp3) is 0.312. The Morgan fingerprint density at radius 3 is 3.05 bits per heavy atom. The van der Waals surface area contributed by atoms with Crippen LogP contribution in [0.2, 0.25) is 0 Å². The molecule has 1 heterocycles. The fourth-order valence-corrected chi connectivity index (χ4v) is 2.61. The first kappa shape index (κ1) is 13.1. The molecule has 0 amide bonds. The number of aromatic nitrogens is 1. The third kappa shape index (κ3) is 2.80. The van der Waals surface area contributed by atoms with Crippen molar-refractivity contribution in [2.45, 2.75) is 31.9 Å². The van der Waals surface area contributed by atoms with Gasteiger partial charge in [0.25, 0.3) is 0 Å². The Hall–Kier alpha value is -1.94. The lowest BCUT2D eigenvalue weighted by molar-refractivity contribution is 0.304. The van der Waals surface area contributed by atoms with Crippen molar-refractivity contribution in [1.29, 1.82) is 0 Å². The van der Waals surface area contributed by atoms with Crippen molar-refractivity contribution < 1.29 is 9.13 Å². The molecule has 0 radical (unpaired) electrons. The normalized spacial score (nSPS) is 17.6. The number of ether oxygens (including phenoxy) is 1. The number of halogens is 1. The summed E-state index contributed by atoms with van der Waals surface area (Å²) in [5.41, 5.74) is 9.32. The van der Waals surface area contributed by atoms with Gasteiger partial charge in [-0.2, -0.15) is 0 Å². The first-order valence-corrected chi connectivity index (χ1v) is 6.83. The van der Waals surface area contributed by atoms with Crippen LogP contribution in [0.4, 0.5) is 4.39 Å². The zero-order valence-electron chi connectivity index (χ0n) is 11.2. The lowest BCUT2D eigenvalue weighted by atomic mass is 9.88. The Bertz CT molecular complexity index is 615. The molecule has 0 aliphatic heterocycles. The van der Waals surface area contributed by atoms with Gasteiger partial charge in [0.2, 0.25) is 0 Å². The van der Waals surface area contributed by atoms with Gasteiger partial charge in [0.15, 0.2) is 0 Å². The molecule has 2 aromatic rings. The second kappa shape index (κ2) is 5.59. The number of pyridine rings is 1. The summed E-state index contributed by atoms with van der Waals surface area (Å²) >= 11 is 0. The molecule has 4 heteroatoms. The Morgan fingerprint density at radius 1 is 1.30 bits per heavy atom. The molecular weight excluding hydrogens is 255 g/mol. The summed E-state index contributed by atoms with van der Waals surface area (Å²) in [6.07, 6.45) is 6.03. The largest absolute Gasteiger partial charge is 0.489 e. The second-order valence-corrected chi connectivity index (χ2v) is 5.16. The van der Waals surface area contributed by atoms with Crippen LogP contribution in [0.25, 0.3) is 0 Å². The van der Waals surface area contributed by atoms with Crippen LogP contribution in [-0.4, -0.2) is 4.98 Å². The second-order valence-electron chi connectivity index (χ2n) is 5.16. The van der Waals surface area contributed by atoms with Gasteiger partial charge in [-0.1, -0.05) is 6.07 Å². The van der Waals surface area contributed by atoms with Crippen molar-refractivity contribution in [1.82, 2.24) is 4.98 Å². The van der Waals surface area contributed by atoms with Crippen molar-refractivity contribution in [3.63, 3.8) is 0 Å². The topological polar surface area (TPSA) is 48.1 Å². The lowest BCUT2D eigenvalue weighted by Gasteiger charge is -2.22. The Labute approximate surface area is 117 Å². The van der Waals surface area contributed by atoms with Crippen molar-refractivity contribution in [2.24, 2.45) is 5.73 Å². The van der Waals surface area contributed by atoms with E-state index in [-0.39, 0.29) is 11.9 Å². The summed E-state index contributed by atoms with van der Waals surface area (Å²) in [4.78, 5) is 3.80. The van der Waals surface area contributed by atoms with Crippen molar-refractivity contribution in [2.75, 3.05) is 0 Å². The average Bonchev–Trinajstić information content (AvgIpc) is 2.46. The molecule has 0 bridgehead atoms. The van der Waals surface area contributed by atoms with Crippen LogP contribution in [0, 0.1) is 5.82 Å². The van der Waals surface area contributed by atoms with E-state index in [1.165, 1.54) is 23.4 Å². The number of benzene rings is 1. The van der Waals surface area contributed by atoms with Crippen molar-refractivity contribution in [3.05, 3.63) is 59.2 Å². The number of rotatable bonds is 3. The van der Waals surface area contributed by atoms with Gasteiger partial charge in [0.05, 0.1) is 6.20 Å². The van der Waals surface area contributed by atoms with Crippen LogP contribution in [-0.2, 0) is 13.0 Å². The Morgan fingerprint density at radius 2 is 2.20 bits per heavy atom. The van der Waals surface area contributed by atoms with E-state index in [0.717, 1.165) is 25.0 Å². The first-order chi connectivity index (χ1) is 9.72. The molecule has 1 aliphatic carbocycles. The molecule has 1 aromatic carbocycles. The predicted octanol–water partition coefficient (Wildman–Crippen LogP) is 3.14. The molecular formula is C16H17FN2O. The van der Waals surface area contributed by atoms with Crippen LogP contribution in [0.1, 0.15) is 35.6 Å². The smallest absolute Gasteiger partial charge is 0.141 e. The predicted molar refractivity (Wildman–Crippen MR) is 74.8 cm³/mol. The van der Waals surface area contributed by atoms with E-state index in [1.54, 1.807) is 6.20 Å². The van der Waals surface area contributed by atoms with Gasteiger partial charge in [-0.3, -0.25) is 4.98 Å². The van der Waals surface area contributed by atoms with Gasteiger partial charge in [0.1, 0.15) is 18.2 Å². The third-order valence-corrected chi connectivity index (χ3v) is 3.65. The highest BCUT2D eigenvalue weighted by molar-refractivity contribution is 5.39. The maximum absolute atomic E-state index is 13.0. The quantitative estimate of drug-likeness (QED) is 0.933. The summed E-state index contributed by atoms with van der Waals surface area (Å²) in [5.74, 6) is 0.420. The van der Waals surface area contributed by atoms with Crippen LogP contribution < -0.4 is 10.5 Å². The number of fused-ring (bicyclic) bond motifs is 1. The monoisotopic (exact) mass is 272 g/mol. The number of aryl methyl sites for hydroxylation is 1. The number of nitrogens with zero attached hydrogens (tertiary/aromatic N) is 1. The SMILES string of the molecule is N[C@@H]1CCCc2ccc(OCc3cncc(F)c3)cc21. The van der Waals surface area contributed by atoms with Gasteiger partial charge in [-0.25, -0.2) is 4.39 Å². The van der Waals surface area contributed by atoms with Crippen LogP contribution in [0.15, 0.2) is 36.7 Å². The molecule has 3 rings (SSSR count). The Balaban J connectivity index is 1.73. The first-order valence-electron chi connectivity index (χ1n) is 6.83. The highest BCUT2D eigenvalue weighted by Crippen LogP contribution is 2.31. The maximum Gasteiger partial charge on any atom is 0.141 e. The van der Waals surface area contributed by atoms with Crippen LogP contribution >= 0.6 is 0 Å². The molecule has 1 aliphatic rings. The molecule has 104 valence electrons. The van der Waals surface area contributed by atoms with Gasteiger partial charge >= 0.3 is 0 Å². The molecule has 0 unspecified atom stereocenters. The summed E-state index contributed by atoms with van der Waals surface area (Å²) < 4.78 is 18.7. The molecule has 2 N–H and O–H groups in total. The molecule has 1 aromatic heterocycles. The van der Waals surface area contributed by atoms with Gasteiger partial charge in [-0.05, 0) is 48.6 Å². The van der Waals surface area contributed by atoms with Crippen LogP contribution in [0.3, 0.4) is 0 Å².